The number of likely N-dealkylation sites (N-methyl/N-ethyl adjacent to an activating group) is 1. The Balaban J connectivity index is 1.84. The number of anilines is 1. The summed E-state index contributed by atoms with van der Waals surface area (Å²) in [4.78, 5) is 25.3. The molecule has 0 heterocycles. The third-order valence-electron chi connectivity index (χ3n) is 3.21. The minimum atomic E-state index is -0.384. The normalized spacial score (nSPS) is 10.1. The van der Waals surface area contributed by atoms with Gasteiger partial charge in [-0.2, -0.15) is 0 Å². The summed E-state index contributed by atoms with van der Waals surface area (Å²) in [6, 6.07) is 15.0. The lowest BCUT2D eigenvalue weighted by Crippen LogP contribution is -2.38. The van der Waals surface area contributed by atoms with E-state index in [-0.39, 0.29) is 30.6 Å². The van der Waals surface area contributed by atoms with Gasteiger partial charge in [-0.25, -0.2) is 4.39 Å². The average molecular weight is 300 g/mol. The molecule has 0 aromatic heterocycles. The molecule has 5 heteroatoms. The van der Waals surface area contributed by atoms with Gasteiger partial charge in [-0.1, -0.05) is 30.3 Å². The van der Waals surface area contributed by atoms with Crippen LogP contribution in [0.2, 0.25) is 0 Å². The Morgan fingerprint density at radius 1 is 1.09 bits per heavy atom. The van der Waals surface area contributed by atoms with Gasteiger partial charge in [0.05, 0.1) is 13.0 Å². The number of nitrogens with zero attached hydrogens (tertiary/aromatic N) is 1. The summed E-state index contributed by atoms with van der Waals surface area (Å²) in [6.45, 7) is -0.0977. The van der Waals surface area contributed by atoms with Crippen LogP contribution < -0.4 is 10.2 Å². The van der Waals surface area contributed by atoms with Crippen LogP contribution in [0, 0.1) is 5.82 Å². The summed E-state index contributed by atoms with van der Waals surface area (Å²) in [6.07, 6.45) is 0.0418. The number of rotatable bonds is 5. The summed E-state index contributed by atoms with van der Waals surface area (Å²) in [5.74, 6) is -0.926. The predicted molar refractivity (Wildman–Crippen MR) is 83.0 cm³/mol. The van der Waals surface area contributed by atoms with Crippen LogP contribution in [0.25, 0.3) is 0 Å². The van der Waals surface area contributed by atoms with Crippen LogP contribution in [-0.4, -0.2) is 25.4 Å². The Hall–Kier alpha value is -2.69. The standard InChI is InChI=1S/C17H17FN2O2/c1-20(15-8-3-2-4-9-15)17(22)12-19-16(21)11-13-6-5-7-14(18)10-13/h2-10H,11-12H2,1H3,(H,19,21). The summed E-state index contributed by atoms with van der Waals surface area (Å²) in [5.41, 5.74) is 1.33. The molecule has 0 saturated carbocycles. The molecule has 0 atom stereocenters. The van der Waals surface area contributed by atoms with Crippen LogP contribution in [0.1, 0.15) is 5.56 Å². The Morgan fingerprint density at radius 3 is 2.50 bits per heavy atom. The third kappa shape index (κ3) is 4.41. The van der Waals surface area contributed by atoms with Gasteiger partial charge in [0.2, 0.25) is 11.8 Å². The van der Waals surface area contributed by atoms with Crippen LogP contribution in [0.3, 0.4) is 0 Å². The molecule has 2 aromatic carbocycles. The lowest BCUT2D eigenvalue weighted by Gasteiger charge is -2.17. The van der Waals surface area contributed by atoms with Gasteiger partial charge in [-0.3, -0.25) is 9.59 Å². The largest absolute Gasteiger partial charge is 0.347 e. The number of carbonyl (C=O) groups excluding carboxylic acids is 2. The number of amides is 2. The maximum absolute atomic E-state index is 13.0. The highest BCUT2D eigenvalue weighted by Gasteiger charge is 2.12. The summed E-state index contributed by atoms with van der Waals surface area (Å²) >= 11 is 0. The highest BCUT2D eigenvalue weighted by Crippen LogP contribution is 2.10. The minimum absolute atomic E-state index is 0.0418. The van der Waals surface area contributed by atoms with Crippen molar-refractivity contribution in [1.29, 1.82) is 0 Å². The number of carbonyl (C=O) groups is 2. The van der Waals surface area contributed by atoms with Crippen molar-refractivity contribution in [3.63, 3.8) is 0 Å². The molecule has 114 valence electrons. The second kappa shape index (κ2) is 7.36. The maximum atomic E-state index is 13.0. The summed E-state index contributed by atoms with van der Waals surface area (Å²) in [7, 11) is 1.65. The van der Waals surface area contributed by atoms with Crippen LogP contribution in [0.4, 0.5) is 10.1 Å². The summed E-state index contributed by atoms with van der Waals surface area (Å²) < 4.78 is 13.0. The van der Waals surface area contributed by atoms with Crippen molar-refractivity contribution in [2.75, 3.05) is 18.5 Å². The first-order valence-electron chi connectivity index (χ1n) is 6.89. The molecular weight excluding hydrogens is 283 g/mol. The van der Waals surface area contributed by atoms with Crippen LogP contribution in [-0.2, 0) is 16.0 Å². The zero-order valence-electron chi connectivity index (χ0n) is 12.3. The lowest BCUT2D eigenvalue weighted by molar-refractivity contribution is -0.124. The van der Waals surface area contributed by atoms with Gasteiger partial charge < -0.3 is 10.2 Å². The van der Waals surface area contributed by atoms with Crippen LogP contribution in [0.15, 0.2) is 54.6 Å². The van der Waals surface area contributed by atoms with E-state index >= 15 is 0 Å². The fraction of sp³-hybridized carbons (Fsp3) is 0.176. The fourth-order valence-corrected chi connectivity index (χ4v) is 1.98. The van der Waals surface area contributed by atoms with Gasteiger partial charge in [-0.05, 0) is 29.8 Å². The van der Waals surface area contributed by atoms with Crippen molar-refractivity contribution in [2.24, 2.45) is 0 Å². The van der Waals surface area contributed by atoms with Gasteiger partial charge >= 0.3 is 0 Å². The molecule has 0 unspecified atom stereocenters. The number of hydrogen-bond donors (Lipinski definition) is 1. The van der Waals surface area contributed by atoms with E-state index in [9.17, 15) is 14.0 Å². The fourth-order valence-electron chi connectivity index (χ4n) is 1.98. The number of halogens is 1. The monoisotopic (exact) mass is 300 g/mol. The molecule has 0 bridgehead atoms. The highest BCUT2D eigenvalue weighted by atomic mass is 19.1. The van der Waals surface area contributed by atoms with Gasteiger partial charge in [0.1, 0.15) is 5.82 Å². The first-order valence-corrected chi connectivity index (χ1v) is 6.89. The van der Waals surface area contributed by atoms with Crippen molar-refractivity contribution in [3.8, 4) is 0 Å². The molecule has 22 heavy (non-hydrogen) atoms. The minimum Gasteiger partial charge on any atom is -0.347 e. The van der Waals surface area contributed by atoms with E-state index in [1.165, 1.54) is 17.0 Å². The first-order chi connectivity index (χ1) is 10.6. The molecule has 0 saturated heterocycles. The van der Waals surface area contributed by atoms with Gasteiger partial charge in [-0.15, -0.1) is 0 Å². The maximum Gasteiger partial charge on any atom is 0.246 e. The number of para-hydroxylation sites is 1. The molecule has 4 nitrogen and oxygen atoms in total. The molecule has 2 aromatic rings. The van der Waals surface area contributed by atoms with Gasteiger partial charge in [0.25, 0.3) is 0 Å². The van der Waals surface area contributed by atoms with Crippen molar-refractivity contribution < 1.29 is 14.0 Å². The SMILES string of the molecule is CN(C(=O)CNC(=O)Cc1cccc(F)c1)c1ccccc1. The van der Waals surface area contributed by atoms with E-state index < -0.39 is 0 Å². The van der Waals surface area contributed by atoms with E-state index in [1.807, 2.05) is 30.3 Å². The zero-order valence-corrected chi connectivity index (χ0v) is 12.3. The van der Waals surface area contributed by atoms with Crippen LogP contribution in [0.5, 0.6) is 0 Å². The molecule has 0 spiro atoms. The van der Waals surface area contributed by atoms with E-state index in [0.29, 0.717) is 5.56 Å². The van der Waals surface area contributed by atoms with Crippen molar-refractivity contribution >= 4 is 17.5 Å². The Morgan fingerprint density at radius 2 is 1.82 bits per heavy atom. The number of hydrogen-bond acceptors (Lipinski definition) is 2. The third-order valence-corrected chi connectivity index (χ3v) is 3.21. The molecule has 1 N–H and O–H groups in total. The zero-order chi connectivity index (χ0) is 15.9. The molecule has 0 radical (unpaired) electrons. The molecule has 0 aliphatic rings. The van der Waals surface area contributed by atoms with Gasteiger partial charge in [0.15, 0.2) is 0 Å². The predicted octanol–water partition coefficient (Wildman–Crippen LogP) is 2.15. The molecule has 0 fully saturated rings. The van der Waals surface area contributed by atoms with Crippen molar-refractivity contribution in [2.45, 2.75) is 6.42 Å². The van der Waals surface area contributed by atoms with E-state index in [4.69, 9.17) is 0 Å². The number of benzene rings is 2. The topological polar surface area (TPSA) is 49.4 Å². The van der Waals surface area contributed by atoms with Crippen molar-refractivity contribution in [3.05, 3.63) is 66.0 Å². The second-order valence-corrected chi connectivity index (χ2v) is 4.87. The highest BCUT2D eigenvalue weighted by molar-refractivity contribution is 5.96. The smallest absolute Gasteiger partial charge is 0.246 e. The Bertz CT molecular complexity index is 659. The number of nitrogens with one attached hydrogen (secondary N) is 1. The Labute approximate surface area is 128 Å². The average Bonchev–Trinajstić information content (AvgIpc) is 2.52. The second-order valence-electron chi connectivity index (χ2n) is 4.87. The first kappa shape index (κ1) is 15.7. The molecule has 2 amide bonds. The van der Waals surface area contributed by atoms with Gasteiger partial charge in [0, 0.05) is 12.7 Å². The quantitative estimate of drug-likeness (QED) is 0.920. The van der Waals surface area contributed by atoms with Crippen LogP contribution >= 0.6 is 0 Å². The molecule has 2 rings (SSSR count). The molecule has 0 aliphatic heterocycles. The molecule has 0 aliphatic carbocycles. The van der Waals surface area contributed by atoms with Crippen molar-refractivity contribution in [1.82, 2.24) is 5.32 Å². The Kier molecular flexibility index (Phi) is 5.25. The van der Waals surface area contributed by atoms with E-state index in [1.54, 1.807) is 19.2 Å². The molecular formula is C17H17FN2O2. The lowest BCUT2D eigenvalue weighted by atomic mass is 10.1. The summed E-state index contributed by atoms with van der Waals surface area (Å²) in [5, 5.41) is 2.55. The van der Waals surface area contributed by atoms with E-state index in [0.717, 1.165) is 5.69 Å². The van der Waals surface area contributed by atoms with E-state index in [2.05, 4.69) is 5.32 Å².